The van der Waals surface area contributed by atoms with Crippen LogP contribution in [-0.2, 0) is 0 Å². The lowest BCUT2D eigenvalue weighted by Crippen LogP contribution is -2.21. The Balaban J connectivity index is 2.17. The topological polar surface area (TPSA) is 0 Å². The number of hydrogen-bond donors (Lipinski definition) is 0. The average Bonchev–Trinajstić information content (AvgIpc) is 2.68. The lowest BCUT2D eigenvalue weighted by molar-refractivity contribution is 0.278. The molecule has 0 aromatic carbocycles. The van der Waals surface area contributed by atoms with Gasteiger partial charge in [0.05, 0.1) is 0 Å². The van der Waals surface area contributed by atoms with Gasteiger partial charge in [0.15, 0.2) is 0 Å². The fraction of sp³-hybridized carbons (Fsp3) is 0.889. The predicted octanol–water partition coefficient (Wildman–Crippen LogP) is 2.97. The molecule has 1 heterocycles. The van der Waals surface area contributed by atoms with E-state index >= 15 is 0 Å². The van der Waals surface area contributed by atoms with Gasteiger partial charge in [-0.15, -0.1) is 20.7 Å². The molecule has 0 nitrogen and oxygen atoms in total. The van der Waals surface area contributed by atoms with Crippen LogP contribution in [0.3, 0.4) is 0 Å². The Hall–Kier alpha value is 0.600. The van der Waals surface area contributed by atoms with Gasteiger partial charge in [0.2, 0.25) is 0 Å². The summed E-state index contributed by atoms with van der Waals surface area (Å²) in [5.41, 5.74) is 0.725. The molecule has 0 saturated heterocycles. The molecular formula is C9H15I. The molecule has 0 aromatic rings. The van der Waals surface area contributed by atoms with Crippen LogP contribution in [-0.4, -0.2) is 7.94 Å². The van der Waals surface area contributed by atoms with Crippen LogP contribution in [0.5, 0.6) is 0 Å². The zero-order chi connectivity index (χ0) is 7.19. The van der Waals surface area contributed by atoms with Crippen molar-refractivity contribution < 1.29 is 0 Å². The molecule has 1 aliphatic carbocycles. The van der Waals surface area contributed by atoms with E-state index in [1.54, 1.807) is 6.42 Å². The lowest BCUT2D eigenvalue weighted by atomic mass is 9.80. The molecule has 0 bridgehead atoms. The first-order chi connectivity index (χ1) is 4.76. The van der Waals surface area contributed by atoms with Gasteiger partial charge in [-0.05, 0) is 24.2 Å². The van der Waals surface area contributed by atoms with Crippen LogP contribution in [0.1, 0.15) is 33.1 Å². The molecule has 3 atom stereocenters. The highest BCUT2D eigenvalue weighted by Gasteiger charge is 2.49. The maximum Gasteiger partial charge on any atom is 0.00964 e. The lowest BCUT2D eigenvalue weighted by Gasteiger charge is -2.29. The third-order valence-corrected chi connectivity index (χ3v) is 6.46. The maximum absolute atomic E-state index is 2.62. The molecule has 1 saturated carbocycles. The van der Waals surface area contributed by atoms with Crippen LogP contribution in [0.2, 0.25) is 0 Å². The van der Waals surface area contributed by atoms with E-state index in [0.717, 1.165) is 11.3 Å². The van der Waals surface area contributed by atoms with Crippen molar-refractivity contribution in [2.75, 3.05) is 0 Å². The van der Waals surface area contributed by atoms with Crippen molar-refractivity contribution in [3.63, 3.8) is 0 Å². The fourth-order valence-corrected chi connectivity index (χ4v) is 6.04. The van der Waals surface area contributed by atoms with E-state index in [1.807, 2.05) is 0 Å². The van der Waals surface area contributed by atoms with Gasteiger partial charge in [0.25, 0.3) is 0 Å². The van der Waals surface area contributed by atoms with Crippen molar-refractivity contribution in [1.29, 1.82) is 0 Å². The van der Waals surface area contributed by atoms with Crippen LogP contribution in [0.15, 0.2) is 0 Å². The fourth-order valence-electron chi connectivity index (χ4n) is 1.92. The highest BCUT2D eigenvalue weighted by molar-refractivity contribution is 14.2. The highest BCUT2D eigenvalue weighted by atomic mass is 127. The van der Waals surface area contributed by atoms with E-state index in [0.29, 0.717) is 20.7 Å². The average molecular weight is 250 g/mol. The Labute approximate surface area is 73.1 Å². The van der Waals surface area contributed by atoms with Gasteiger partial charge >= 0.3 is 0 Å². The summed E-state index contributed by atoms with van der Waals surface area (Å²) in [6.45, 7) is 4.84. The van der Waals surface area contributed by atoms with Gasteiger partial charge in [0.1, 0.15) is 0 Å². The standard InChI is InChI=1S/C9H15I/c1-3-9(2)4-5-10-8-6-7(8)9/h5,7-8H,3-4,6H2,1-2H3/t7-,8-,9-/m0/s1. The number of rotatable bonds is 1. The van der Waals surface area contributed by atoms with Gasteiger partial charge in [-0.3, -0.25) is 0 Å². The van der Waals surface area contributed by atoms with Crippen LogP contribution in [0.25, 0.3) is 0 Å². The molecule has 0 unspecified atom stereocenters. The Bertz CT molecular complexity index is 174. The van der Waals surface area contributed by atoms with Gasteiger partial charge in [-0.1, -0.05) is 24.3 Å². The van der Waals surface area contributed by atoms with Crippen molar-refractivity contribution in [2.24, 2.45) is 11.3 Å². The molecule has 0 amide bonds. The van der Waals surface area contributed by atoms with Crippen molar-refractivity contribution >= 4 is 24.7 Å². The minimum absolute atomic E-state index is 0.535. The molecule has 0 aromatic heterocycles. The van der Waals surface area contributed by atoms with Crippen LogP contribution in [0, 0.1) is 11.3 Å². The second-order valence-electron chi connectivity index (χ2n) is 3.85. The molecule has 1 fully saturated rings. The molecule has 2 aliphatic rings. The third-order valence-electron chi connectivity index (χ3n) is 3.21. The quantitative estimate of drug-likeness (QED) is 0.495. The number of halogens is 1. The van der Waals surface area contributed by atoms with E-state index in [1.165, 1.54) is 16.8 Å². The predicted molar refractivity (Wildman–Crippen MR) is 55.0 cm³/mol. The summed E-state index contributed by atoms with van der Waals surface area (Å²) in [4.78, 5) is 0. The highest BCUT2D eigenvalue weighted by Crippen LogP contribution is 2.58. The molecular weight excluding hydrogens is 235 g/mol. The van der Waals surface area contributed by atoms with Gasteiger partial charge in [0, 0.05) is 3.92 Å². The van der Waals surface area contributed by atoms with Gasteiger partial charge < -0.3 is 0 Å². The molecule has 58 valence electrons. The van der Waals surface area contributed by atoms with E-state index < -0.39 is 0 Å². The monoisotopic (exact) mass is 250 g/mol. The minimum atomic E-state index is 0.535. The Morgan fingerprint density at radius 2 is 2.50 bits per heavy atom. The Morgan fingerprint density at radius 3 is 3.10 bits per heavy atom. The molecule has 0 spiro atoms. The summed E-state index contributed by atoms with van der Waals surface area (Å²) in [6.07, 6.45) is 4.40. The van der Waals surface area contributed by atoms with E-state index in [9.17, 15) is 0 Å². The molecule has 1 heteroatoms. The van der Waals surface area contributed by atoms with Crippen molar-refractivity contribution in [2.45, 2.75) is 37.0 Å². The van der Waals surface area contributed by atoms with Crippen molar-refractivity contribution in [3.05, 3.63) is 0 Å². The number of hydrogen-bond acceptors (Lipinski definition) is 0. The van der Waals surface area contributed by atoms with Crippen LogP contribution < -0.4 is 0 Å². The first kappa shape index (κ1) is 7.26. The molecule has 2 rings (SSSR count). The Kier molecular flexibility index (Phi) is 1.66. The van der Waals surface area contributed by atoms with Crippen molar-refractivity contribution in [1.82, 2.24) is 0 Å². The SMILES string of the molecule is CC[C@@]1(C)CC=I[C@H]2C[C@@H]21. The first-order valence-electron chi connectivity index (χ1n) is 4.20. The second kappa shape index (κ2) is 2.29. The number of alkyl halides is 1. The number of fused-ring (bicyclic) bond motifs is 1. The van der Waals surface area contributed by atoms with E-state index in [-0.39, 0.29) is 0 Å². The largest absolute Gasteiger partial charge is 0.123 e. The maximum atomic E-state index is 2.62. The van der Waals surface area contributed by atoms with Crippen LogP contribution >= 0.6 is 20.7 Å². The molecule has 0 N–H and O–H groups in total. The Morgan fingerprint density at radius 1 is 1.70 bits per heavy atom. The summed E-state index contributed by atoms with van der Waals surface area (Å²) >= 11 is 0.535. The van der Waals surface area contributed by atoms with E-state index in [4.69, 9.17) is 0 Å². The van der Waals surface area contributed by atoms with Crippen LogP contribution in [0.4, 0.5) is 0 Å². The minimum Gasteiger partial charge on any atom is -0.123 e. The smallest absolute Gasteiger partial charge is 0.00964 e. The summed E-state index contributed by atoms with van der Waals surface area (Å²) in [7, 11) is 0. The summed E-state index contributed by atoms with van der Waals surface area (Å²) < 4.78 is 3.83. The summed E-state index contributed by atoms with van der Waals surface area (Å²) in [6, 6.07) is 0. The van der Waals surface area contributed by atoms with Gasteiger partial charge in [-0.2, -0.15) is 0 Å². The van der Waals surface area contributed by atoms with Crippen molar-refractivity contribution in [3.8, 4) is 0 Å². The zero-order valence-corrected chi connectivity index (χ0v) is 8.89. The summed E-state index contributed by atoms with van der Waals surface area (Å²) in [5, 5.41) is 0. The molecule has 10 heavy (non-hydrogen) atoms. The van der Waals surface area contributed by atoms with E-state index in [2.05, 4.69) is 17.9 Å². The van der Waals surface area contributed by atoms with Gasteiger partial charge in [-0.25, -0.2) is 0 Å². The second-order valence-corrected chi connectivity index (χ2v) is 7.05. The third kappa shape index (κ3) is 0.973. The first-order valence-corrected chi connectivity index (χ1v) is 6.69. The summed E-state index contributed by atoms with van der Waals surface area (Å²) in [5.74, 6) is 1.15. The molecule has 0 radical (unpaired) electrons. The normalized spacial score (nSPS) is 51.4. The molecule has 1 aliphatic heterocycles. The zero-order valence-electron chi connectivity index (χ0n) is 6.73.